The molecule has 0 fully saturated rings. The zero-order valence-corrected chi connectivity index (χ0v) is 8.60. The Kier molecular flexibility index (Phi) is 2.68. The first kappa shape index (κ1) is 10.4. The largest absolute Gasteiger partial charge is 0.454 e. The minimum Gasteiger partial charge on any atom is -0.454 e. The first-order chi connectivity index (χ1) is 7.74. The molecular formula is C11H9NO4. The van der Waals surface area contributed by atoms with Crippen molar-refractivity contribution < 1.29 is 14.3 Å². The fraction of sp³-hybridized carbons (Fsp3) is 0.182. The van der Waals surface area contributed by atoms with Gasteiger partial charge in [0.2, 0.25) is 6.79 Å². The van der Waals surface area contributed by atoms with Gasteiger partial charge in [-0.15, -0.1) is 4.91 Å². The summed E-state index contributed by atoms with van der Waals surface area (Å²) in [5.41, 5.74) is 1.28. The third-order valence-corrected chi connectivity index (χ3v) is 2.19. The molecule has 0 aliphatic carbocycles. The summed E-state index contributed by atoms with van der Waals surface area (Å²) in [5, 5.41) is 2.89. The summed E-state index contributed by atoms with van der Waals surface area (Å²) in [6.45, 7) is 1.78. The van der Waals surface area contributed by atoms with E-state index < -0.39 is 0 Å². The average molecular weight is 219 g/mol. The normalized spacial score (nSPS) is 13.7. The maximum Gasteiger partial charge on any atom is 0.231 e. The van der Waals surface area contributed by atoms with E-state index in [9.17, 15) is 9.70 Å². The van der Waals surface area contributed by atoms with Gasteiger partial charge in [0, 0.05) is 11.6 Å². The molecule has 1 aromatic carbocycles. The van der Waals surface area contributed by atoms with Crippen LogP contribution in [-0.4, -0.2) is 13.1 Å². The van der Waals surface area contributed by atoms with Crippen LogP contribution >= 0.6 is 0 Å². The number of aldehydes is 1. The van der Waals surface area contributed by atoms with Crippen molar-refractivity contribution in [2.75, 3.05) is 6.79 Å². The molecule has 0 aromatic heterocycles. The molecule has 0 saturated heterocycles. The summed E-state index contributed by atoms with van der Waals surface area (Å²) in [7, 11) is 0. The first-order valence-electron chi connectivity index (χ1n) is 4.65. The van der Waals surface area contributed by atoms with Gasteiger partial charge in [-0.25, -0.2) is 0 Å². The van der Waals surface area contributed by atoms with Gasteiger partial charge in [0.05, 0.1) is 0 Å². The van der Waals surface area contributed by atoms with Gasteiger partial charge in [0.25, 0.3) is 0 Å². The van der Waals surface area contributed by atoms with E-state index in [1.807, 2.05) is 0 Å². The Morgan fingerprint density at radius 3 is 2.69 bits per heavy atom. The second-order valence-electron chi connectivity index (χ2n) is 3.36. The predicted octanol–water partition coefficient (Wildman–Crippen LogP) is 2.42. The van der Waals surface area contributed by atoms with Crippen molar-refractivity contribution in [3.8, 4) is 11.5 Å². The lowest BCUT2D eigenvalue weighted by Gasteiger charge is -2.01. The number of hydrogen-bond donors (Lipinski definition) is 0. The Bertz CT molecular complexity index is 479. The van der Waals surface area contributed by atoms with Gasteiger partial charge < -0.3 is 9.47 Å². The van der Waals surface area contributed by atoms with Gasteiger partial charge in [-0.3, -0.25) is 4.79 Å². The Morgan fingerprint density at radius 2 is 2.06 bits per heavy atom. The van der Waals surface area contributed by atoms with Crippen LogP contribution in [0.4, 0.5) is 5.69 Å². The molecule has 1 heterocycles. The second kappa shape index (κ2) is 4.14. The number of carbonyl (C=O) groups excluding carboxylic acids is 1. The molecule has 0 spiro atoms. The van der Waals surface area contributed by atoms with Crippen LogP contribution in [0, 0.1) is 4.91 Å². The molecule has 0 unspecified atom stereocenters. The number of carbonyl (C=O) groups is 1. The number of nitroso groups, excluding NO2 is 1. The monoisotopic (exact) mass is 219 g/mol. The highest BCUT2D eigenvalue weighted by molar-refractivity contribution is 5.83. The molecule has 5 nitrogen and oxygen atoms in total. The zero-order chi connectivity index (χ0) is 11.5. The second-order valence-corrected chi connectivity index (χ2v) is 3.36. The van der Waals surface area contributed by atoms with Crippen molar-refractivity contribution in [2.45, 2.75) is 6.92 Å². The lowest BCUT2D eigenvalue weighted by Crippen LogP contribution is -1.92. The lowest BCUT2D eigenvalue weighted by molar-refractivity contribution is -0.104. The zero-order valence-electron chi connectivity index (χ0n) is 8.60. The average Bonchev–Trinajstić information content (AvgIpc) is 2.74. The lowest BCUT2D eigenvalue weighted by atomic mass is 10.1. The molecule has 2 rings (SSSR count). The van der Waals surface area contributed by atoms with Gasteiger partial charge in [-0.1, -0.05) is 0 Å². The number of nitrogens with zero attached hydrogens (tertiary/aromatic N) is 1. The summed E-state index contributed by atoms with van der Waals surface area (Å²) in [5.74, 6) is 1.05. The number of fused-ring (bicyclic) bond motifs is 1. The highest BCUT2D eigenvalue weighted by atomic mass is 16.7. The Labute approximate surface area is 91.6 Å². The van der Waals surface area contributed by atoms with Crippen molar-refractivity contribution in [1.29, 1.82) is 0 Å². The van der Waals surface area contributed by atoms with Gasteiger partial charge in [-0.05, 0) is 29.8 Å². The molecule has 1 aliphatic rings. The standard InChI is InChI=1S/C11H9NO4/c1-7(5-13)2-8-3-10-11(16-6-15-10)4-9(8)12-14/h2-5H,6H2,1H3/b7-2+. The van der Waals surface area contributed by atoms with Gasteiger partial charge in [0.1, 0.15) is 12.0 Å². The van der Waals surface area contributed by atoms with Crippen molar-refractivity contribution in [2.24, 2.45) is 5.18 Å². The van der Waals surface area contributed by atoms with Gasteiger partial charge >= 0.3 is 0 Å². The summed E-state index contributed by atoms with van der Waals surface area (Å²) in [6, 6.07) is 3.13. The van der Waals surface area contributed by atoms with Crippen LogP contribution in [0.15, 0.2) is 22.9 Å². The van der Waals surface area contributed by atoms with E-state index in [-0.39, 0.29) is 12.5 Å². The highest BCUT2D eigenvalue weighted by Gasteiger charge is 2.16. The van der Waals surface area contributed by atoms with Crippen LogP contribution in [-0.2, 0) is 4.79 Å². The first-order valence-corrected chi connectivity index (χ1v) is 4.65. The van der Waals surface area contributed by atoms with E-state index >= 15 is 0 Å². The molecule has 0 atom stereocenters. The minimum atomic E-state index is 0.132. The minimum absolute atomic E-state index is 0.132. The number of hydrogen-bond acceptors (Lipinski definition) is 5. The van der Waals surface area contributed by atoms with Crippen molar-refractivity contribution in [3.05, 3.63) is 28.2 Å². The molecule has 0 saturated carbocycles. The molecule has 0 N–H and O–H groups in total. The van der Waals surface area contributed by atoms with Crippen molar-refractivity contribution >= 4 is 18.0 Å². The van der Waals surface area contributed by atoms with E-state index in [2.05, 4.69) is 5.18 Å². The van der Waals surface area contributed by atoms with Crippen LogP contribution in [0.1, 0.15) is 12.5 Å². The topological polar surface area (TPSA) is 65.0 Å². The van der Waals surface area contributed by atoms with E-state index in [1.165, 1.54) is 6.07 Å². The predicted molar refractivity (Wildman–Crippen MR) is 57.7 cm³/mol. The fourth-order valence-corrected chi connectivity index (χ4v) is 1.42. The Hall–Kier alpha value is -2.17. The van der Waals surface area contributed by atoms with Crippen molar-refractivity contribution in [3.63, 3.8) is 0 Å². The Morgan fingerprint density at radius 1 is 1.38 bits per heavy atom. The Balaban J connectivity index is 2.51. The van der Waals surface area contributed by atoms with Crippen LogP contribution in [0.2, 0.25) is 0 Å². The van der Waals surface area contributed by atoms with Gasteiger partial charge in [-0.2, -0.15) is 0 Å². The summed E-state index contributed by atoms with van der Waals surface area (Å²) < 4.78 is 10.3. The fourth-order valence-electron chi connectivity index (χ4n) is 1.42. The maximum atomic E-state index is 10.6. The van der Waals surface area contributed by atoms with Crippen LogP contribution in [0.5, 0.6) is 11.5 Å². The third kappa shape index (κ3) is 1.79. The van der Waals surface area contributed by atoms with Crippen molar-refractivity contribution in [1.82, 2.24) is 0 Å². The number of benzene rings is 1. The molecule has 5 heteroatoms. The van der Waals surface area contributed by atoms with Crippen LogP contribution in [0.25, 0.3) is 6.08 Å². The molecule has 1 aliphatic heterocycles. The van der Waals surface area contributed by atoms with E-state index in [0.717, 1.165) is 0 Å². The van der Waals surface area contributed by atoms with E-state index in [0.29, 0.717) is 28.9 Å². The molecular weight excluding hydrogens is 210 g/mol. The summed E-state index contributed by atoms with van der Waals surface area (Å²) in [4.78, 5) is 21.1. The van der Waals surface area contributed by atoms with Gasteiger partial charge in [0.15, 0.2) is 11.5 Å². The molecule has 0 bridgehead atoms. The molecule has 16 heavy (non-hydrogen) atoms. The molecule has 1 aromatic rings. The number of rotatable bonds is 3. The smallest absolute Gasteiger partial charge is 0.231 e. The summed E-state index contributed by atoms with van der Waals surface area (Å²) in [6.07, 6.45) is 2.28. The SMILES string of the molecule is C/C(C=O)=C\c1cc2c(cc1N=O)OCO2. The molecule has 0 radical (unpaired) electrons. The third-order valence-electron chi connectivity index (χ3n) is 2.19. The molecule has 82 valence electrons. The molecule has 0 amide bonds. The highest BCUT2D eigenvalue weighted by Crippen LogP contribution is 2.38. The summed E-state index contributed by atoms with van der Waals surface area (Å²) >= 11 is 0. The van der Waals surface area contributed by atoms with E-state index in [4.69, 9.17) is 9.47 Å². The van der Waals surface area contributed by atoms with Crippen LogP contribution < -0.4 is 9.47 Å². The van der Waals surface area contributed by atoms with E-state index in [1.54, 1.807) is 19.1 Å². The maximum absolute atomic E-state index is 10.6. The number of ether oxygens (including phenoxy) is 2. The van der Waals surface area contributed by atoms with Crippen LogP contribution in [0.3, 0.4) is 0 Å². The number of allylic oxidation sites excluding steroid dienone is 1. The quantitative estimate of drug-likeness (QED) is 0.445.